The van der Waals surface area contributed by atoms with Gasteiger partial charge >= 0.3 is 0 Å². The molecule has 9 heteroatoms. The average molecular weight is 713 g/mol. The number of ether oxygens (including phenoxy) is 2. The van der Waals surface area contributed by atoms with E-state index in [1.807, 2.05) is 84.9 Å². The molecular formula is C33H29Br2ClN2O4. The van der Waals surface area contributed by atoms with Gasteiger partial charge in [0.1, 0.15) is 5.75 Å². The molecule has 0 saturated carbocycles. The molecule has 0 spiro atoms. The van der Waals surface area contributed by atoms with Gasteiger partial charge in [-0.2, -0.15) is 0 Å². The third kappa shape index (κ3) is 7.24. The number of hydrogen-bond donors (Lipinski definition) is 2. The molecule has 42 heavy (non-hydrogen) atoms. The summed E-state index contributed by atoms with van der Waals surface area (Å²) < 4.78 is 14.2. The van der Waals surface area contributed by atoms with Crippen LogP contribution in [0.15, 0.2) is 111 Å². The summed E-state index contributed by atoms with van der Waals surface area (Å²) in [6.07, 6.45) is 0.185. The van der Waals surface area contributed by atoms with Crippen LogP contribution in [0.4, 0.5) is 0 Å². The fourth-order valence-electron chi connectivity index (χ4n) is 4.77. The molecule has 0 saturated heterocycles. The summed E-state index contributed by atoms with van der Waals surface area (Å²) in [5, 5.41) is 12.8. The lowest BCUT2D eigenvalue weighted by molar-refractivity contribution is -0.129. The molecule has 1 amide bonds. The molecule has 2 atom stereocenters. The summed E-state index contributed by atoms with van der Waals surface area (Å²) in [5.74, 6) is 0.813. The number of aliphatic imine (C=N–C) groups is 1. The van der Waals surface area contributed by atoms with Gasteiger partial charge in [0.2, 0.25) is 5.90 Å². The molecule has 2 N–H and O–H groups in total. The van der Waals surface area contributed by atoms with Crippen molar-refractivity contribution >= 4 is 55.3 Å². The number of aliphatic hydroxyl groups is 1. The van der Waals surface area contributed by atoms with E-state index in [4.69, 9.17) is 31.2 Å². The van der Waals surface area contributed by atoms with E-state index < -0.39 is 11.6 Å². The van der Waals surface area contributed by atoms with Crippen LogP contribution >= 0.6 is 43.5 Å². The lowest BCUT2D eigenvalue weighted by atomic mass is 9.82. The van der Waals surface area contributed by atoms with Gasteiger partial charge in [0.15, 0.2) is 11.6 Å². The third-order valence-corrected chi connectivity index (χ3v) is 8.27. The number of carbonyl (C=O) groups excluding carboxylic acids is 1. The lowest BCUT2D eigenvalue weighted by Gasteiger charge is -2.31. The Bertz CT molecular complexity index is 1530. The maximum absolute atomic E-state index is 14.3. The monoisotopic (exact) mass is 710 g/mol. The van der Waals surface area contributed by atoms with Crippen LogP contribution in [0.25, 0.3) is 0 Å². The van der Waals surface area contributed by atoms with Crippen molar-refractivity contribution in [3.8, 4) is 5.75 Å². The zero-order chi connectivity index (χ0) is 29.5. The topological polar surface area (TPSA) is 80.2 Å². The standard InChI is InChI=1S/C33H29Br2ClN2O4/c34-26-10-2-22(3-11-26)20-33(32(40)37-21-23-4-14-28(36)15-5-23)30(24-6-12-27(35)13-7-24)42-31(38-33)25-8-16-29(17-9-25)41-19-1-18-39/h2-17,30,39H,1,18-21H2,(H,37,40)/t30-,33-/m1/s1. The van der Waals surface area contributed by atoms with Crippen molar-refractivity contribution in [2.45, 2.75) is 31.0 Å². The van der Waals surface area contributed by atoms with Crippen LogP contribution in [0.2, 0.25) is 5.02 Å². The highest BCUT2D eigenvalue weighted by Gasteiger charge is 2.53. The van der Waals surface area contributed by atoms with Gasteiger partial charge in [-0.3, -0.25) is 4.79 Å². The van der Waals surface area contributed by atoms with E-state index >= 15 is 0 Å². The molecule has 4 aromatic rings. The van der Waals surface area contributed by atoms with Gasteiger partial charge in [-0.25, -0.2) is 4.99 Å². The van der Waals surface area contributed by atoms with Crippen LogP contribution in [0.5, 0.6) is 5.75 Å². The smallest absolute Gasteiger partial charge is 0.252 e. The molecule has 1 heterocycles. The van der Waals surface area contributed by atoms with E-state index in [1.54, 1.807) is 12.1 Å². The molecule has 0 radical (unpaired) electrons. The number of carbonyl (C=O) groups is 1. The van der Waals surface area contributed by atoms with E-state index in [2.05, 4.69) is 37.2 Å². The average Bonchev–Trinajstić information content (AvgIpc) is 3.39. The summed E-state index contributed by atoms with van der Waals surface area (Å²) in [6, 6.07) is 30.5. The first-order valence-corrected chi connectivity index (χ1v) is 15.5. The number of rotatable bonds is 11. The Kier molecular flexibility index (Phi) is 10.0. The Hall–Kier alpha value is -3.17. The Labute approximate surface area is 267 Å². The van der Waals surface area contributed by atoms with Crippen LogP contribution in [0.1, 0.15) is 34.8 Å². The van der Waals surface area contributed by atoms with Crippen LogP contribution in [-0.2, 0) is 22.5 Å². The summed E-state index contributed by atoms with van der Waals surface area (Å²) in [6.45, 7) is 0.805. The highest BCUT2D eigenvalue weighted by atomic mass is 79.9. The second-order valence-corrected chi connectivity index (χ2v) is 12.2. The summed E-state index contributed by atoms with van der Waals surface area (Å²) in [5.41, 5.74) is 2.14. The van der Waals surface area contributed by atoms with Gasteiger partial charge in [-0.15, -0.1) is 0 Å². The fourth-order valence-corrected chi connectivity index (χ4v) is 5.43. The molecule has 4 aromatic carbocycles. The molecule has 5 rings (SSSR count). The van der Waals surface area contributed by atoms with E-state index in [0.717, 1.165) is 31.2 Å². The maximum Gasteiger partial charge on any atom is 0.252 e. The second-order valence-electron chi connectivity index (χ2n) is 9.95. The second kappa shape index (κ2) is 13.9. The van der Waals surface area contributed by atoms with Crippen LogP contribution in [0.3, 0.4) is 0 Å². The first kappa shape index (κ1) is 30.3. The molecule has 1 aliphatic heterocycles. The Morgan fingerprint density at radius 1 is 0.905 bits per heavy atom. The molecule has 0 aliphatic carbocycles. The van der Waals surface area contributed by atoms with Crippen LogP contribution in [0, 0.1) is 0 Å². The van der Waals surface area contributed by atoms with Gasteiger partial charge < -0.3 is 19.9 Å². The Morgan fingerprint density at radius 2 is 1.52 bits per heavy atom. The minimum absolute atomic E-state index is 0.0701. The summed E-state index contributed by atoms with van der Waals surface area (Å²) >= 11 is 13.1. The minimum Gasteiger partial charge on any atom is -0.494 e. The van der Waals surface area contributed by atoms with Gasteiger partial charge in [-0.1, -0.05) is 79.9 Å². The van der Waals surface area contributed by atoms with E-state index in [-0.39, 0.29) is 12.5 Å². The largest absolute Gasteiger partial charge is 0.494 e. The van der Waals surface area contributed by atoms with E-state index in [1.165, 1.54) is 0 Å². The molecule has 1 aliphatic rings. The van der Waals surface area contributed by atoms with Crippen LogP contribution in [-0.4, -0.2) is 35.7 Å². The molecule has 0 aromatic heterocycles. The van der Waals surface area contributed by atoms with Crippen molar-refractivity contribution in [2.24, 2.45) is 4.99 Å². The molecule has 0 fully saturated rings. The first-order valence-electron chi connectivity index (χ1n) is 13.5. The SMILES string of the molecule is O=C(NCc1ccc(Cl)cc1)[C@]1(Cc2ccc(Br)cc2)N=C(c2ccc(OCCCO)cc2)O[C@@H]1c1ccc(Br)cc1. The zero-order valence-electron chi connectivity index (χ0n) is 22.6. The van der Waals surface area contributed by atoms with Crippen molar-refractivity contribution in [1.82, 2.24) is 5.32 Å². The number of benzene rings is 4. The highest BCUT2D eigenvalue weighted by molar-refractivity contribution is 9.10. The number of nitrogens with zero attached hydrogens (tertiary/aromatic N) is 1. The number of amides is 1. The highest BCUT2D eigenvalue weighted by Crippen LogP contribution is 2.43. The molecule has 0 unspecified atom stereocenters. The Balaban J connectivity index is 1.54. The van der Waals surface area contributed by atoms with Gasteiger partial charge in [0, 0.05) is 45.5 Å². The summed E-state index contributed by atoms with van der Waals surface area (Å²) in [4.78, 5) is 19.4. The minimum atomic E-state index is -1.29. The lowest BCUT2D eigenvalue weighted by Crippen LogP contribution is -2.49. The molecule has 0 bridgehead atoms. The van der Waals surface area contributed by atoms with E-state index in [0.29, 0.717) is 42.7 Å². The van der Waals surface area contributed by atoms with E-state index in [9.17, 15) is 4.79 Å². The van der Waals surface area contributed by atoms with Gasteiger partial charge in [0.25, 0.3) is 5.91 Å². The van der Waals surface area contributed by atoms with Gasteiger partial charge in [0.05, 0.1) is 6.61 Å². The first-order chi connectivity index (χ1) is 20.4. The van der Waals surface area contributed by atoms with Crippen molar-refractivity contribution in [3.63, 3.8) is 0 Å². The summed E-state index contributed by atoms with van der Waals surface area (Å²) in [7, 11) is 0. The maximum atomic E-state index is 14.3. The van der Waals surface area contributed by atoms with Crippen molar-refractivity contribution in [3.05, 3.63) is 133 Å². The molecular weight excluding hydrogens is 684 g/mol. The van der Waals surface area contributed by atoms with Gasteiger partial charge in [-0.05, 0) is 77.4 Å². The predicted molar refractivity (Wildman–Crippen MR) is 172 cm³/mol. The Morgan fingerprint density at radius 3 is 2.17 bits per heavy atom. The normalized spacial score (nSPS) is 17.8. The predicted octanol–water partition coefficient (Wildman–Crippen LogP) is 7.44. The number of halogens is 3. The van der Waals surface area contributed by atoms with Crippen LogP contribution < -0.4 is 10.1 Å². The van der Waals surface area contributed by atoms with Crippen molar-refractivity contribution < 1.29 is 19.4 Å². The van der Waals surface area contributed by atoms with Crippen molar-refractivity contribution in [2.75, 3.05) is 13.2 Å². The molecule has 216 valence electrons. The quantitative estimate of drug-likeness (QED) is 0.159. The number of nitrogens with one attached hydrogen (secondary N) is 1. The fraction of sp³-hybridized carbons (Fsp3) is 0.212. The molecule has 6 nitrogen and oxygen atoms in total. The number of hydrogen-bond acceptors (Lipinski definition) is 5. The third-order valence-electron chi connectivity index (χ3n) is 6.96. The van der Waals surface area contributed by atoms with Crippen molar-refractivity contribution in [1.29, 1.82) is 0 Å². The number of aliphatic hydroxyl groups excluding tert-OH is 1. The zero-order valence-corrected chi connectivity index (χ0v) is 26.5.